The molecule has 1 aliphatic heterocycles. The van der Waals surface area contributed by atoms with Gasteiger partial charge in [-0.2, -0.15) is 0 Å². The molecule has 27 heavy (non-hydrogen) atoms. The van der Waals surface area contributed by atoms with E-state index in [0.717, 1.165) is 37.2 Å². The predicted molar refractivity (Wildman–Crippen MR) is 107 cm³/mol. The summed E-state index contributed by atoms with van der Waals surface area (Å²) in [6.07, 6.45) is 1.56. The first-order valence-electron chi connectivity index (χ1n) is 9.55. The molecule has 1 atom stereocenters. The lowest BCUT2D eigenvalue weighted by Crippen LogP contribution is -2.48. The van der Waals surface area contributed by atoms with Crippen LogP contribution in [-0.4, -0.2) is 35.8 Å². The zero-order valence-corrected chi connectivity index (χ0v) is 15.7. The quantitative estimate of drug-likeness (QED) is 0.827. The van der Waals surface area contributed by atoms with Gasteiger partial charge in [-0.15, -0.1) is 0 Å². The number of anilines is 1. The van der Waals surface area contributed by atoms with Gasteiger partial charge in [0.25, 0.3) is 0 Å². The topological polar surface area (TPSA) is 61.4 Å². The summed E-state index contributed by atoms with van der Waals surface area (Å²) in [5.74, 6) is 0.127. The van der Waals surface area contributed by atoms with Crippen molar-refractivity contribution in [3.8, 4) is 0 Å². The molecule has 2 aromatic carbocycles. The maximum absolute atomic E-state index is 12.5. The van der Waals surface area contributed by atoms with Crippen LogP contribution in [0.5, 0.6) is 0 Å². The number of nitrogens with one attached hydrogen (secondary N) is 2. The molecule has 0 aliphatic carbocycles. The second-order valence-electron chi connectivity index (χ2n) is 7.04. The fraction of sp³-hybridized carbons (Fsp3) is 0.364. The van der Waals surface area contributed by atoms with Crippen molar-refractivity contribution in [1.29, 1.82) is 0 Å². The monoisotopic (exact) mass is 365 g/mol. The zero-order valence-electron chi connectivity index (χ0n) is 15.7. The Bertz CT molecular complexity index is 741. The van der Waals surface area contributed by atoms with Crippen molar-refractivity contribution in [3.05, 3.63) is 66.2 Å². The average molecular weight is 365 g/mol. The number of nitrogens with zero attached hydrogens (tertiary/aromatic N) is 1. The predicted octanol–water partition coefficient (Wildman–Crippen LogP) is 3.04. The Balaban J connectivity index is 1.43. The van der Waals surface area contributed by atoms with Crippen molar-refractivity contribution < 1.29 is 9.59 Å². The Hall–Kier alpha value is -2.66. The van der Waals surface area contributed by atoms with Crippen LogP contribution in [0.4, 0.5) is 5.69 Å². The number of carbonyl (C=O) groups is 2. The molecule has 2 N–H and O–H groups in total. The molecule has 0 aromatic heterocycles. The van der Waals surface area contributed by atoms with Crippen LogP contribution in [0.2, 0.25) is 0 Å². The molecule has 0 radical (unpaired) electrons. The number of rotatable bonds is 6. The summed E-state index contributed by atoms with van der Waals surface area (Å²) < 4.78 is 0. The minimum Gasteiger partial charge on any atom is -0.352 e. The third-order valence-electron chi connectivity index (χ3n) is 5.18. The largest absolute Gasteiger partial charge is 0.352 e. The Morgan fingerprint density at radius 3 is 2.22 bits per heavy atom. The molecule has 2 amide bonds. The Morgan fingerprint density at radius 1 is 1.00 bits per heavy atom. The molecular weight excluding hydrogens is 338 g/mol. The SMILES string of the molecule is C[C@@H](C(=O)Nc1ccccc1)N1CCC(C(=O)NCc2ccccc2)CC1. The van der Waals surface area contributed by atoms with Gasteiger partial charge in [-0.25, -0.2) is 0 Å². The van der Waals surface area contributed by atoms with Gasteiger partial charge in [-0.3, -0.25) is 14.5 Å². The smallest absolute Gasteiger partial charge is 0.241 e. The first-order chi connectivity index (χ1) is 13.1. The van der Waals surface area contributed by atoms with E-state index in [1.54, 1.807) is 0 Å². The molecule has 0 saturated carbocycles. The van der Waals surface area contributed by atoms with Crippen molar-refractivity contribution in [1.82, 2.24) is 10.2 Å². The van der Waals surface area contributed by atoms with E-state index in [1.807, 2.05) is 67.6 Å². The Labute approximate surface area is 160 Å². The molecule has 142 valence electrons. The summed E-state index contributed by atoms with van der Waals surface area (Å²) in [6.45, 7) is 4.00. The fourth-order valence-corrected chi connectivity index (χ4v) is 3.41. The van der Waals surface area contributed by atoms with Crippen molar-refractivity contribution >= 4 is 17.5 Å². The van der Waals surface area contributed by atoms with Crippen LogP contribution < -0.4 is 10.6 Å². The lowest BCUT2D eigenvalue weighted by Gasteiger charge is -2.34. The van der Waals surface area contributed by atoms with Gasteiger partial charge in [-0.05, 0) is 50.6 Å². The molecule has 0 bridgehead atoms. The molecule has 1 aliphatic rings. The van der Waals surface area contributed by atoms with Gasteiger partial charge >= 0.3 is 0 Å². The van der Waals surface area contributed by atoms with Gasteiger partial charge < -0.3 is 10.6 Å². The number of piperidine rings is 1. The number of amides is 2. The minimum atomic E-state index is -0.210. The van der Waals surface area contributed by atoms with Gasteiger partial charge in [0, 0.05) is 18.2 Å². The first kappa shape index (κ1) is 19.1. The summed E-state index contributed by atoms with van der Waals surface area (Å²) in [5, 5.41) is 5.98. The molecule has 5 heteroatoms. The maximum atomic E-state index is 12.5. The van der Waals surface area contributed by atoms with E-state index in [1.165, 1.54) is 0 Å². The summed E-state index contributed by atoms with van der Waals surface area (Å²) in [6, 6.07) is 19.2. The number of hydrogen-bond donors (Lipinski definition) is 2. The van der Waals surface area contributed by atoms with E-state index >= 15 is 0 Å². The second kappa shape index (κ2) is 9.33. The average Bonchev–Trinajstić information content (AvgIpc) is 2.73. The first-order valence-corrected chi connectivity index (χ1v) is 9.55. The maximum Gasteiger partial charge on any atom is 0.241 e. The molecule has 5 nitrogen and oxygen atoms in total. The number of benzene rings is 2. The van der Waals surface area contributed by atoms with Crippen LogP contribution in [0.1, 0.15) is 25.3 Å². The summed E-state index contributed by atoms with van der Waals surface area (Å²) in [7, 11) is 0. The number of likely N-dealkylation sites (tertiary alicyclic amines) is 1. The molecule has 1 saturated heterocycles. The van der Waals surface area contributed by atoms with Crippen LogP contribution in [0.25, 0.3) is 0 Å². The highest BCUT2D eigenvalue weighted by molar-refractivity contribution is 5.94. The molecule has 2 aromatic rings. The highest BCUT2D eigenvalue weighted by Gasteiger charge is 2.29. The van der Waals surface area contributed by atoms with Crippen molar-refractivity contribution in [2.45, 2.75) is 32.4 Å². The third-order valence-corrected chi connectivity index (χ3v) is 5.18. The molecule has 0 unspecified atom stereocenters. The lowest BCUT2D eigenvalue weighted by molar-refractivity contribution is -0.127. The highest BCUT2D eigenvalue weighted by Crippen LogP contribution is 2.20. The number of hydrogen-bond acceptors (Lipinski definition) is 3. The normalized spacial score (nSPS) is 16.5. The van der Waals surface area contributed by atoms with Crippen LogP contribution in [0, 0.1) is 5.92 Å². The standard InChI is InChI=1S/C22H27N3O2/c1-17(21(26)24-20-10-6-3-7-11-20)25-14-12-19(13-15-25)22(27)23-16-18-8-4-2-5-9-18/h2-11,17,19H,12-16H2,1H3,(H,23,27)(H,24,26)/t17-/m0/s1. The zero-order chi connectivity index (χ0) is 19.1. The fourth-order valence-electron chi connectivity index (χ4n) is 3.41. The highest BCUT2D eigenvalue weighted by atomic mass is 16.2. The molecular formula is C22H27N3O2. The summed E-state index contributed by atoms with van der Waals surface area (Å²) in [5.41, 5.74) is 1.92. The van der Waals surface area contributed by atoms with E-state index in [9.17, 15) is 9.59 Å². The minimum absolute atomic E-state index is 0.00632. The van der Waals surface area contributed by atoms with Crippen LogP contribution >= 0.6 is 0 Å². The second-order valence-corrected chi connectivity index (χ2v) is 7.04. The number of para-hydroxylation sites is 1. The van der Waals surface area contributed by atoms with E-state index in [2.05, 4.69) is 15.5 Å². The molecule has 1 fully saturated rings. The van der Waals surface area contributed by atoms with E-state index in [-0.39, 0.29) is 23.8 Å². The molecule has 0 spiro atoms. The van der Waals surface area contributed by atoms with E-state index < -0.39 is 0 Å². The summed E-state index contributed by atoms with van der Waals surface area (Å²) >= 11 is 0. The van der Waals surface area contributed by atoms with Gasteiger partial charge in [0.05, 0.1) is 6.04 Å². The van der Waals surface area contributed by atoms with E-state index in [0.29, 0.717) is 6.54 Å². The Kier molecular flexibility index (Phi) is 6.60. The van der Waals surface area contributed by atoms with Crippen LogP contribution in [0.15, 0.2) is 60.7 Å². The van der Waals surface area contributed by atoms with Gasteiger partial charge in [0.1, 0.15) is 0 Å². The third kappa shape index (κ3) is 5.41. The molecule has 3 rings (SSSR count). The lowest BCUT2D eigenvalue weighted by atomic mass is 9.94. The van der Waals surface area contributed by atoms with Crippen molar-refractivity contribution in [2.75, 3.05) is 18.4 Å². The van der Waals surface area contributed by atoms with Gasteiger partial charge in [-0.1, -0.05) is 48.5 Å². The van der Waals surface area contributed by atoms with Crippen LogP contribution in [-0.2, 0) is 16.1 Å². The van der Waals surface area contributed by atoms with Crippen molar-refractivity contribution in [3.63, 3.8) is 0 Å². The van der Waals surface area contributed by atoms with Crippen LogP contribution in [0.3, 0.4) is 0 Å². The van der Waals surface area contributed by atoms with Gasteiger partial charge in [0.2, 0.25) is 11.8 Å². The molecule has 1 heterocycles. The van der Waals surface area contributed by atoms with E-state index in [4.69, 9.17) is 0 Å². The number of carbonyl (C=O) groups excluding carboxylic acids is 2. The van der Waals surface area contributed by atoms with Crippen molar-refractivity contribution in [2.24, 2.45) is 5.92 Å². The summed E-state index contributed by atoms with van der Waals surface area (Å²) in [4.78, 5) is 27.0. The van der Waals surface area contributed by atoms with Gasteiger partial charge in [0.15, 0.2) is 0 Å². The Morgan fingerprint density at radius 2 is 1.59 bits per heavy atom.